The molecule has 2 N–H and O–H groups in total. The zero-order chi connectivity index (χ0) is 20.1. The summed E-state index contributed by atoms with van der Waals surface area (Å²) in [4.78, 5) is 11.9. The van der Waals surface area contributed by atoms with E-state index in [0.717, 1.165) is 29.4 Å². The Balaban J connectivity index is 1.55. The smallest absolute Gasteiger partial charge is 0.246 e. The lowest BCUT2D eigenvalue weighted by Crippen LogP contribution is -2.36. The van der Waals surface area contributed by atoms with Crippen molar-refractivity contribution in [2.24, 2.45) is 5.92 Å². The average Bonchev–Trinajstić information content (AvgIpc) is 3.29. The molecule has 7 nitrogen and oxygen atoms in total. The van der Waals surface area contributed by atoms with Gasteiger partial charge in [0.05, 0.1) is 17.5 Å². The lowest BCUT2D eigenvalue weighted by atomic mass is 9.95. The van der Waals surface area contributed by atoms with Crippen molar-refractivity contribution in [3.63, 3.8) is 0 Å². The number of sulfonamides is 1. The number of nitrogens with one attached hydrogen (secondary N) is 2. The fourth-order valence-electron chi connectivity index (χ4n) is 4.14. The number of H-pyrrole nitrogens is 1. The molecule has 0 aromatic carbocycles. The van der Waals surface area contributed by atoms with Gasteiger partial charge in [-0.2, -0.15) is 0 Å². The largest absolute Gasteiger partial charge is 0.345 e. The summed E-state index contributed by atoms with van der Waals surface area (Å²) in [7, 11) is -3.75. The van der Waals surface area contributed by atoms with Crippen molar-refractivity contribution in [2.45, 2.75) is 51.0 Å². The minimum absolute atomic E-state index is 0.107. The van der Waals surface area contributed by atoms with Gasteiger partial charge in [0.2, 0.25) is 15.9 Å². The number of hydrogen-bond donors (Lipinski definition) is 2. The van der Waals surface area contributed by atoms with Crippen LogP contribution in [0.5, 0.6) is 0 Å². The van der Waals surface area contributed by atoms with Crippen LogP contribution in [0.15, 0.2) is 24.7 Å². The Bertz CT molecular complexity index is 1100. The Morgan fingerprint density at radius 2 is 2.11 bits per heavy atom. The molecule has 3 heterocycles. The van der Waals surface area contributed by atoms with Crippen LogP contribution in [-0.4, -0.2) is 45.5 Å². The molecule has 1 fully saturated rings. The minimum Gasteiger partial charge on any atom is -0.345 e. The van der Waals surface area contributed by atoms with Gasteiger partial charge in [-0.15, -0.1) is 0 Å². The van der Waals surface area contributed by atoms with Gasteiger partial charge in [-0.05, 0) is 31.7 Å². The number of halogens is 2. The molecule has 0 spiro atoms. The highest BCUT2D eigenvalue weighted by atomic mass is 32.2. The van der Waals surface area contributed by atoms with Gasteiger partial charge in [0.1, 0.15) is 0 Å². The molecule has 3 aromatic heterocycles. The number of aromatic nitrogens is 4. The van der Waals surface area contributed by atoms with Crippen LogP contribution >= 0.6 is 0 Å². The molecule has 0 amide bonds. The van der Waals surface area contributed by atoms with E-state index in [1.807, 2.05) is 18.5 Å². The van der Waals surface area contributed by atoms with Crippen LogP contribution in [-0.2, 0) is 10.0 Å². The summed E-state index contributed by atoms with van der Waals surface area (Å²) < 4.78 is 55.1. The third-order valence-electron chi connectivity index (χ3n) is 5.49. The molecule has 10 heteroatoms. The molecule has 1 aliphatic rings. The third-order valence-corrected chi connectivity index (χ3v) is 6.92. The van der Waals surface area contributed by atoms with Crippen molar-refractivity contribution in [2.75, 3.05) is 5.75 Å². The maximum absolute atomic E-state index is 13.0. The first-order chi connectivity index (χ1) is 13.1. The fourth-order valence-corrected chi connectivity index (χ4v) is 5.58. The number of imidazole rings is 1. The number of aromatic amines is 1. The summed E-state index contributed by atoms with van der Waals surface area (Å²) in [5.74, 6) is -3.23. The van der Waals surface area contributed by atoms with Crippen molar-refractivity contribution in [1.29, 1.82) is 0 Å². The number of hydrogen-bond acceptors (Lipinski definition) is 4. The number of rotatable bonds is 6. The highest BCUT2D eigenvalue weighted by Gasteiger charge is 2.36. The van der Waals surface area contributed by atoms with Crippen LogP contribution in [0.4, 0.5) is 8.78 Å². The molecule has 0 radical (unpaired) electrons. The summed E-state index contributed by atoms with van der Waals surface area (Å²) >= 11 is 0. The molecule has 0 bridgehead atoms. The minimum atomic E-state index is -3.75. The van der Waals surface area contributed by atoms with E-state index < -0.39 is 28.1 Å². The Kier molecular flexibility index (Phi) is 4.65. The zero-order valence-electron chi connectivity index (χ0n) is 15.7. The Labute approximate surface area is 161 Å². The van der Waals surface area contributed by atoms with Gasteiger partial charge in [0.15, 0.2) is 11.3 Å². The number of nitrogens with zero attached hydrogens (tertiary/aromatic N) is 3. The van der Waals surface area contributed by atoms with E-state index in [2.05, 4.69) is 31.0 Å². The van der Waals surface area contributed by atoms with Crippen LogP contribution < -0.4 is 4.72 Å². The summed E-state index contributed by atoms with van der Waals surface area (Å²) in [5.41, 5.74) is 3.43. The third kappa shape index (κ3) is 3.75. The van der Waals surface area contributed by atoms with Crippen LogP contribution in [0.25, 0.3) is 16.8 Å². The molecule has 1 aliphatic carbocycles. The zero-order valence-corrected chi connectivity index (χ0v) is 16.5. The monoisotopic (exact) mass is 411 g/mol. The second-order valence-corrected chi connectivity index (χ2v) is 9.73. The van der Waals surface area contributed by atoms with Gasteiger partial charge in [-0.1, -0.05) is 6.92 Å². The van der Waals surface area contributed by atoms with Gasteiger partial charge in [0.25, 0.3) is 0 Å². The molecular weight excluding hydrogens is 388 g/mol. The first-order valence-corrected chi connectivity index (χ1v) is 11.0. The van der Waals surface area contributed by atoms with E-state index in [1.165, 1.54) is 0 Å². The van der Waals surface area contributed by atoms with Gasteiger partial charge in [-0.25, -0.2) is 31.9 Å². The molecule has 0 unspecified atom stereocenters. The van der Waals surface area contributed by atoms with Crippen molar-refractivity contribution in [1.82, 2.24) is 24.1 Å². The fraction of sp³-hybridized carbons (Fsp3) is 0.556. The predicted molar refractivity (Wildman–Crippen MR) is 102 cm³/mol. The Morgan fingerprint density at radius 3 is 2.86 bits per heavy atom. The molecule has 28 heavy (non-hydrogen) atoms. The van der Waals surface area contributed by atoms with Crippen LogP contribution in [0.1, 0.15) is 44.7 Å². The second kappa shape index (κ2) is 6.77. The lowest BCUT2D eigenvalue weighted by Gasteiger charge is -2.16. The van der Waals surface area contributed by atoms with Crippen LogP contribution in [0.2, 0.25) is 0 Å². The first kappa shape index (κ1) is 19.3. The van der Waals surface area contributed by atoms with Crippen molar-refractivity contribution in [3.8, 4) is 0 Å². The van der Waals surface area contributed by atoms with Crippen molar-refractivity contribution >= 4 is 26.8 Å². The molecule has 0 saturated heterocycles. The summed E-state index contributed by atoms with van der Waals surface area (Å²) in [6, 6.07) is 1.66. The summed E-state index contributed by atoms with van der Waals surface area (Å²) in [5, 5.41) is 0. The molecule has 152 valence electrons. The highest BCUT2D eigenvalue weighted by Crippen LogP contribution is 2.40. The first-order valence-electron chi connectivity index (χ1n) is 9.30. The molecule has 1 saturated carbocycles. The van der Waals surface area contributed by atoms with Gasteiger partial charge < -0.3 is 4.98 Å². The SMILES string of the molecule is C[C@@H]1C[C@H](NS(=O)(=O)CCC(C)(F)F)C[C@H]1c1cnc2cnc3[nH]ccc3n12. The summed E-state index contributed by atoms with van der Waals surface area (Å²) in [6.07, 6.45) is 5.91. The van der Waals surface area contributed by atoms with Gasteiger partial charge >= 0.3 is 0 Å². The van der Waals surface area contributed by atoms with E-state index in [0.29, 0.717) is 12.8 Å². The van der Waals surface area contributed by atoms with Crippen molar-refractivity contribution < 1.29 is 17.2 Å². The quantitative estimate of drug-likeness (QED) is 0.652. The van der Waals surface area contributed by atoms with E-state index in [4.69, 9.17) is 0 Å². The maximum Gasteiger partial charge on any atom is 0.246 e. The average molecular weight is 411 g/mol. The van der Waals surface area contributed by atoms with E-state index >= 15 is 0 Å². The lowest BCUT2D eigenvalue weighted by molar-refractivity contribution is 0.0188. The Hall–Kier alpha value is -2.07. The highest BCUT2D eigenvalue weighted by molar-refractivity contribution is 7.89. The molecule has 4 rings (SSSR count). The van der Waals surface area contributed by atoms with Gasteiger partial charge in [0, 0.05) is 36.5 Å². The number of fused-ring (bicyclic) bond motifs is 3. The molecular formula is C18H23F2N5O2S. The standard InChI is InChI=1S/C18H23F2N5O2S/c1-11-7-12(24-28(26,27)6-4-18(2,19)20)8-13(11)15-9-22-16-10-23-17-14(25(15)16)3-5-21-17/h3,5,9-13,21,24H,4,6-8H2,1-2H3/t11-,12+,13-/m1/s1. The molecule has 3 atom stereocenters. The van der Waals surface area contributed by atoms with Crippen molar-refractivity contribution in [3.05, 3.63) is 30.4 Å². The molecule has 0 aliphatic heterocycles. The van der Waals surface area contributed by atoms with E-state index in [1.54, 1.807) is 6.20 Å². The molecule has 3 aromatic rings. The van der Waals surface area contributed by atoms with Crippen LogP contribution in [0.3, 0.4) is 0 Å². The summed E-state index contributed by atoms with van der Waals surface area (Å²) in [6.45, 7) is 2.81. The van der Waals surface area contributed by atoms with E-state index in [9.17, 15) is 17.2 Å². The van der Waals surface area contributed by atoms with Crippen LogP contribution in [0, 0.1) is 5.92 Å². The maximum atomic E-state index is 13.0. The topological polar surface area (TPSA) is 92.2 Å². The second-order valence-electron chi connectivity index (χ2n) is 7.86. The number of alkyl halides is 2. The Morgan fingerprint density at radius 1 is 1.32 bits per heavy atom. The van der Waals surface area contributed by atoms with Gasteiger partial charge in [-0.3, -0.25) is 4.40 Å². The normalized spacial score (nSPS) is 23.8. The van der Waals surface area contributed by atoms with E-state index in [-0.39, 0.29) is 17.9 Å². The predicted octanol–water partition coefficient (Wildman–Crippen LogP) is 3.06.